The predicted molar refractivity (Wildman–Crippen MR) is 75.0 cm³/mol. The van der Waals surface area contributed by atoms with Crippen LogP contribution < -0.4 is 10.6 Å². The summed E-state index contributed by atoms with van der Waals surface area (Å²) in [5, 5.41) is 0. The number of carbonyl (C=O) groups excluding carboxylic acids is 1. The van der Waals surface area contributed by atoms with Gasteiger partial charge in [0.25, 0.3) is 0 Å². The molecule has 4 heteroatoms. The van der Waals surface area contributed by atoms with Crippen molar-refractivity contribution in [2.45, 2.75) is 33.2 Å². The van der Waals surface area contributed by atoms with Gasteiger partial charge in [-0.2, -0.15) is 0 Å². The number of anilines is 2. The SMILES string of the molecule is CCOC(=O)c1cccc(N(C)C(C)CC)c1N. The van der Waals surface area contributed by atoms with E-state index in [4.69, 9.17) is 10.5 Å². The van der Waals surface area contributed by atoms with Crippen LogP contribution >= 0.6 is 0 Å². The van der Waals surface area contributed by atoms with Crippen LogP contribution in [0.3, 0.4) is 0 Å². The molecule has 1 aromatic carbocycles. The van der Waals surface area contributed by atoms with Gasteiger partial charge in [-0.25, -0.2) is 4.79 Å². The summed E-state index contributed by atoms with van der Waals surface area (Å²) in [6, 6.07) is 5.81. The minimum Gasteiger partial charge on any atom is -0.462 e. The average Bonchev–Trinajstić information content (AvgIpc) is 2.37. The normalized spacial score (nSPS) is 12.0. The fourth-order valence-corrected chi connectivity index (χ4v) is 1.76. The third kappa shape index (κ3) is 2.94. The van der Waals surface area contributed by atoms with E-state index in [1.165, 1.54) is 0 Å². The molecule has 0 spiro atoms. The zero-order chi connectivity index (χ0) is 13.7. The Kier molecular flexibility index (Phi) is 5.01. The lowest BCUT2D eigenvalue weighted by molar-refractivity contribution is 0.0527. The lowest BCUT2D eigenvalue weighted by Gasteiger charge is -2.27. The van der Waals surface area contributed by atoms with Crippen LogP contribution in [0, 0.1) is 0 Å². The second kappa shape index (κ2) is 6.28. The van der Waals surface area contributed by atoms with Crippen LogP contribution in [0.25, 0.3) is 0 Å². The van der Waals surface area contributed by atoms with Gasteiger partial charge in [0.2, 0.25) is 0 Å². The van der Waals surface area contributed by atoms with Crippen LogP contribution in [0.1, 0.15) is 37.6 Å². The van der Waals surface area contributed by atoms with E-state index in [0.29, 0.717) is 23.9 Å². The van der Waals surface area contributed by atoms with Crippen LogP contribution in [0.15, 0.2) is 18.2 Å². The first-order valence-corrected chi connectivity index (χ1v) is 6.31. The summed E-state index contributed by atoms with van der Waals surface area (Å²) < 4.78 is 4.99. The van der Waals surface area contributed by atoms with E-state index in [2.05, 4.69) is 18.7 Å². The topological polar surface area (TPSA) is 55.6 Å². The molecule has 0 bridgehead atoms. The highest BCUT2D eigenvalue weighted by Crippen LogP contribution is 2.28. The van der Waals surface area contributed by atoms with Gasteiger partial charge in [0.05, 0.1) is 23.5 Å². The highest BCUT2D eigenvalue weighted by atomic mass is 16.5. The quantitative estimate of drug-likeness (QED) is 0.645. The molecule has 1 unspecified atom stereocenters. The molecule has 0 radical (unpaired) electrons. The van der Waals surface area contributed by atoms with Crippen molar-refractivity contribution in [2.75, 3.05) is 24.3 Å². The fraction of sp³-hybridized carbons (Fsp3) is 0.500. The minimum absolute atomic E-state index is 0.351. The lowest BCUT2D eigenvalue weighted by Crippen LogP contribution is -2.29. The molecule has 1 aromatic rings. The third-order valence-corrected chi connectivity index (χ3v) is 3.21. The number of nitrogens with zero attached hydrogens (tertiary/aromatic N) is 1. The van der Waals surface area contributed by atoms with Crippen molar-refractivity contribution in [1.82, 2.24) is 0 Å². The van der Waals surface area contributed by atoms with E-state index in [-0.39, 0.29) is 5.97 Å². The van der Waals surface area contributed by atoms with Gasteiger partial charge in [-0.1, -0.05) is 13.0 Å². The first kappa shape index (κ1) is 14.4. The molecule has 0 aliphatic carbocycles. The zero-order valence-electron chi connectivity index (χ0n) is 11.6. The molecule has 4 nitrogen and oxygen atoms in total. The number of ether oxygens (including phenoxy) is 1. The van der Waals surface area contributed by atoms with Gasteiger partial charge in [-0.05, 0) is 32.4 Å². The Labute approximate surface area is 109 Å². The van der Waals surface area contributed by atoms with Crippen LogP contribution in [0.5, 0.6) is 0 Å². The highest BCUT2D eigenvalue weighted by Gasteiger charge is 2.17. The number of rotatable bonds is 5. The Bertz CT molecular complexity index is 418. The molecule has 18 heavy (non-hydrogen) atoms. The smallest absolute Gasteiger partial charge is 0.340 e. The Morgan fingerprint density at radius 2 is 2.11 bits per heavy atom. The lowest BCUT2D eigenvalue weighted by atomic mass is 10.1. The molecular formula is C14H22N2O2. The van der Waals surface area contributed by atoms with E-state index >= 15 is 0 Å². The molecule has 1 rings (SSSR count). The number of hydrogen-bond donors (Lipinski definition) is 1. The van der Waals surface area contributed by atoms with Crippen LogP contribution in [-0.4, -0.2) is 25.7 Å². The monoisotopic (exact) mass is 250 g/mol. The second-order valence-corrected chi connectivity index (χ2v) is 4.33. The molecule has 0 fully saturated rings. The van der Waals surface area contributed by atoms with Gasteiger partial charge in [0, 0.05) is 13.1 Å². The van der Waals surface area contributed by atoms with Crippen molar-refractivity contribution in [1.29, 1.82) is 0 Å². The first-order chi connectivity index (χ1) is 8.52. The van der Waals surface area contributed by atoms with Crippen molar-refractivity contribution < 1.29 is 9.53 Å². The molecule has 1 atom stereocenters. The van der Waals surface area contributed by atoms with Crippen molar-refractivity contribution in [2.24, 2.45) is 0 Å². The molecular weight excluding hydrogens is 228 g/mol. The van der Waals surface area contributed by atoms with Crippen molar-refractivity contribution >= 4 is 17.3 Å². The van der Waals surface area contributed by atoms with E-state index in [9.17, 15) is 4.79 Å². The van der Waals surface area contributed by atoms with Gasteiger partial charge in [0.15, 0.2) is 0 Å². The zero-order valence-corrected chi connectivity index (χ0v) is 11.6. The van der Waals surface area contributed by atoms with Gasteiger partial charge < -0.3 is 15.4 Å². The Hall–Kier alpha value is -1.71. The summed E-state index contributed by atoms with van der Waals surface area (Å²) >= 11 is 0. The number of esters is 1. The van der Waals surface area contributed by atoms with E-state index < -0.39 is 0 Å². The number of nitrogens with two attached hydrogens (primary N) is 1. The molecule has 0 saturated carbocycles. The third-order valence-electron chi connectivity index (χ3n) is 3.21. The molecule has 0 aromatic heterocycles. The van der Waals surface area contributed by atoms with Crippen molar-refractivity contribution in [3.05, 3.63) is 23.8 Å². The Morgan fingerprint density at radius 1 is 1.44 bits per heavy atom. The first-order valence-electron chi connectivity index (χ1n) is 6.31. The van der Waals surface area contributed by atoms with E-state index in [1.54, 1.807) is 13.0 Å². The predicted octanol–water partition coefficient (Wildman–Crippen LogP) is 2.68. The maximum atomic E-state index is 11.8. The Balaban J connectivity index is 3.09. The highest BCUT2D eigenvalue weighted by molar-refractivity contribution is 5.98. The standard InChI is InChI=1S/C14H22N2O2/c1-5-10(3)16(4)12-9-7-8-11(13(12)15)14(17)18-6-2/h7-10H,5-6,15H2,1-4H3. The molecule has 0 aliphatic rings. The molecule has 0 amide bonds. The molecule has 0 saturated heterocycles. The van der Waals surface area contributed by atoms with Gasteiger partial charge in [-0.3, -0.25) is 0 Å². The minimum atomic E-state index is -0.366. The van der Waals surface area contributed by atoms with Crippen molar-refractivity contribution in [3.8, 4) is 0 Å². The maximum absolute atomic E-state index is 11.8. The summed E-state index contributed by atoms with van der Waals surface area (Å²) in [5.41, 5.74) is 7.86. The van der Waals surface area contributed by atoms with Gasteiger partial charge in [0.1, 0.15) is 0 Å². The largest absolute Gasteiger partial charge is 0.462 e. The summed E-state index contributed by atoms with van der Waals surface area (Å²) in [6.07, 6.45) is 1.01. The molecule has 100 valence electrons. The maximum Gasteiger partial charge on any atom is 0.340 e. The fourth-order valence-electron chi connectivity index (χ4n) is 1.76. The second-order valence-electron chi connectivity index (χ2n) is 4.33. The van der Waals surface area contributed by atoms with E-state index in [0.717, 1.165) is 12.1 Å². The summed E-state index contributed by atoms with van der Waals surface area (Å²) in [6.45, 7) is 6.37. The average molecular weight is 250 g/mol. The van der Waals surface area contributed by atoms with Crippen LogP contribution in [-0.2, 0) is 4.74 Å². The number of carbonyl (C=O) groups is 1. The molecule has 0 heterocycles. The van der Waals surface area contributed by atoms with Gasteiger partial charge in [-0.15, -0.1) is 0 Å². The van der Waals surface area contributed by atoms with E-state index in [1.807, 2.05) is 19.2 Å². The number of para-hydroxylation sites is 1. The van der Waals surface area contributed by atoms with Crippen LogP contribution in [0.2, 0.25) is 0 Å². The number of hydrogen-bond acceptors (Lipinski definition) is 4. The summed E-state index contributed by atoms with van der Waals surface area (Å²) in [4.78, 5) is 13.8. The number of benzene rings is 1. The number of nitrogen functional groups attached to an aromatic ring is 1. The van der Waals surface area contributed by atoms with Crippen LogP contribution in [0.4, 0.5) is 11.4 Å². The molecule has 2 N–H and O–H groups in total. The Morgan fingerprint density at radius 3 is 2.67 bits per heavy atom. The van der Waals surface area contributed by atoms with Gasteiger partial charge >= 0.3 is 5.97 Å². The molecule has 0 aliphatic heterocycles. The summed E-state index contributed by atoms with van der Waals surface area (Å²) in [7, 11) is 1.98. The summed E-state index contributed by atoms with van der Waals surface area (Å²) in [5.74, 6) is -0.366. The van der Waals surface area contributed by atoms with Crippen molar-refractivity contribution in [3.63, 3.8) is 0 Å².